The summed E-state index contributed by atoms with van der Waals surface area (Å²) < 4.78 is 27.8. The number of aliphatic hydroxyl groups excluding tert-OH is 1. The van der Waals surface area contributed by atoms with Crippen molar-refractivity contribution in [3.63, 3.8) is 0 Å². The minimum Gasteiger partial charge on any atom is -0.512 e. The molecule has 0 fully saturated rings. The number of rotatable bonds is 8. The Morgan fingerprint density at radius 1 is 0.792 bits per heavy atom. The van der Waals surface area contributed by atoms with Gasteiger partial charge in [-0.1, -0.05) is 69.2 Å². The zero-order valence-corrected chi connectivity index (χ0v) is 30.4. The molecule has 0 bridgehead atoms. The molecule has 1 aromatic heterocycles. The molecule has 2 aliphatic carbocycles. The van der Waals surface area contributed by atoms with Gasteiger partial charge >= 0.3 is 0 Å². The van der Waals surface area contributed by atoms with Gasteiger partial charge in [0.25, 0.3) is 0 Å². The summed E-state index contributed by atoms with van der Waals surface area (Å²) in [5.41, 5.74) is 10.1. The van der Waals surface area contributed by atoms with Gasteiger partial charge in [-0.25, -0.2) is 8.78 Å². The molecule has 1 heterocycles. The quantitative estimate of drug-likeness (QED) is 0.0734. The summed E-state index contributed by atoms with van der Waals surface area (Å²) in [6.07, 6.45) is 10.7. The summed E-state index contributed by atoms with van der Waals surface area (Å²) in [6, 6.07) is 20.8. The average molecular weight is 823 g/mol. The Labute approximate surface area is 295 Å². The van der Waals surface area contributed by atoms with Crippen LogP contribution in [0.5, 0.6) is 0 Å². The number of carbonyl (C=O) groups is 1. The maximum absolute atomic E-state index is 14.0. The zero-order valence-electron chi connectivity index (χ0n) is 28.1. The Bertz CT molecular complexity index is 1960. The number of ketones is 1. The number of halogens is 2. The molecule has 7 rings (SSSR count). The summed E-state index contributed by atoms with van der Waals surface area (Å²) in [5, 5.41) is 12.9. The van der Waals surface area contributed by atoms with Crippen molar-refractivity contribution in [1.82, 2.24) is 4.98 Å². The fraction of sp³-hybridized carbons (Fsp3) is 0.333. The van der Waals surface area contributed by atoms with Gasteiger partial charge in [-0.15, -0.1) is 28.8 Å². The molecule has 6 heteroatoms. The molecule has 48 heavy (non-hydrogen) atoms. The van der Waals surface area contributed by atoms with Gasteiger partial charge < -0.3 is 10.1 Å². The first-order chi connectivity index (χ1) is 22.8. The van der Waals surface area contributed by atoms with E-state index in [1.54, 1.807) is 6.20 Å². The van der Waals surface area contributed by atoms with Gasteiger partial charge in [0.1, 0.15) is 0 Å². The second kappa shape index (κ2) is 15.2. The number of hydrogen-bond donors (Lipinski definition) is 1. The van der Waals surface area contributed by atoms with Crippen LogP contribution in [0.25, 0.3) is 43.9 Å². The fourth-order valence-electron chi connectivity index (χ4n) is 7.42. The Morgan fingerprint density at radius 3 is 2.12 bits per heavy atom. The molecule has 0 spiro atoms. The Hall–Kier alpha value is -3.73. The smallest absolute Gasteiger partial charge is 0.162 e. The molecule has 4 aromatic carbocycles. The largest absolute Gasteiger partial charge is 0.512 e. The zero-order chi connectivity index (χ0) is 33.2. The van der Waals surface area contributed by atoms with Crippen LogP contribution < -0.4 is 0 Å². The van der Waals surface area contributed by atoms with Gasteiger partial charge in [0.2, 0.25) is 0 Å². The van der Waals surface area contributed by atoms with Gasteiger partial charge in [-0.05, 0) is 108 Å². The normalized spacial score (nSPS) is 13.3. The van der Waals surface area contributed by atoms with E-state index >= 15 is 0 Å². The van der Waals surface area contributed by atoms with Crippen molar-refractivity contribution < 1.29 is 38.8 Å². The van der Waals surface area contributed by atoms with Crippen LogP contribution in [0.2, 0.25) is 0 Å². The van der Waals surface area contributed by atoms with Crippen molar-refractivity contribution in [2.45, 2.75) is 79.1 Å². The Balaban J connectivity index is 0.000000243. The summed E-state index contributed by atoms with van der Waals surface area (Å²) in [7, 11) is 0. The van der Waals surface area contributed by atoms with E-state index in [1.165, 1.54) is 51.6 Å². The van der Waals surface area contributed by atoms with Crippen molar-refractivity contribution in [2.24, 2.45) is 11.8 Å². The van der Waals surface area contributed by atoms with Crippen LogP contribution in [0.3, 0.4) is 0 Å². The number of aromatic nitrogens is 1. The molecule has 0 amide bonds. The number of benzene rings is 4. The molecule has 0 atom stereocenters. The standard InChI is InChI=1S/C29H18F2N.C13H24O2.Ir/c30-25-14-18-8-9-23-22(24(18)15-26(25)31)10-11-32-29(23)21-12-19-6-4-16-2-1-3-17-5-7-20(13-21)28(19)27(16)17;1-5-10(6-2)12(14)9-13(15)11(7-3)8-4;/h1-3,8-12,14-15H,4-7H2;9-11,14H,5-8H2,1-4H3;/q-1;;/b;12-9-;. The molecular formula is C42H42F2IrNO2-. The van der Waals surface area contributed by atoms with Gasteiger partial charge in [-0.2, -0.15) is 0 Å². The molecule has 2 aliphatic rings. The summed E-state index contributed by atoms with van der Waals surface area (Å²) in [4.78, 5) is 16.4. The number of aryl methyl sites for hydroxylation is 4. The Morgan fingerprint density at radius 2 is 1.44 bits per heavy atom. The first-order valence-electron chi connectivity index (χ1n) is 17.1. The van der Waals surface area contributed by atoms with E-state index in [9.17, 15) is 18.7 Å². The molecule has 0 saturated heterocycles. The number of hydrogen-bond acceptors (Lipinski definition) is 3. The van der Waals surface area contributed by atoms with Gasteiger partial charge in [0.15, 0.2) is 17.4 Å². The molecule has 0 unspecified atom stereocenters. The molecule has 0 aliphatic heterocycles. The third-order valence-electron chi connectivity index (χ3n) is 10.2. The van der Waals surface area contributed by atoms with Gasteiger partial charge in [0, 0.05) is 44.2 Å². The van der Waals surface area contributed by atoms with Crippen LogP contribution in [-0.4, -0.2) is 15.9 Å². The van der Waals surface area contributed by atoms with E-state index in [0.717, 1.165) is 73.4 Å². The Kier molecular flexibility index (Phi) is 11.3. The SMILES string of the molecule is CCC(CC)C(=O)/C=C(\O)C(CC)CC.Fc1cc2ccc3c(-c4[c-]c5c6c(c4)CCc4cccc(c4-6)CC5)nccc3c2cc1F.[Ir]. The van der Waals surface area contributed by atoms with Gasteiger partial charge in [0.05, 0.1) is 5.76 Å². The maximum atomic E-state index is 14.0. The predicted octanol–water partition coefficient (Wildman–Crippen LogP) is 10.9. The number of pyridine rings is 1. The van der Waals surface area contributed by atoms with E-state index in [-0.39, 0.29) is 43.5 Å². The first-order valence-corrected chi connectivity index (χ1v) is 17.1. The number of allylic oxidation sites excluding steroid dienone is 2. The van der Waals surface area contributed by atoms with Crippen LogP contribution in [0.1, 0.15) is 75.6 Å². The van der Waals surface area contributed by atoms with Crippen molar-refractivity contribution in [3.8, 4) is 22.4 Å². The molecule has 0 saturated carbocycles. The molecule has 1 N–H and O–H groups in total. The van der Waals surface area contributed by atoms with Crippen molar-refractivity contribution in [3.05, 3.63) is 113 Å². The fourth-order valence-corrected chi connectivity index (χ4v) is 7.42. The average Bonchev–Trinajstić information content (AvgIpc) is 3.08. The van der Waals surface area contributed by atoms with Crippen LogP contribution in [-0.2, 0) is 50.6 Å². The van der Waals surface area contributed by atoms with E-state index in [0.29, 0.717) is 10.8 Å². The number of aliphatic hydroxyl groups is 1. The van der Waals surface area contributed by atoms with E-state index in [1.807, 2.05) is 45.9 Å². The molecule has 251 valence electrons. The van der Waals surface area contributed by atoms with Crippen molar-refractivity contribution in [1.29, 1.82) is 0 Å². The topological polar surface area (TPSA) is 50.2 Å². The maximum Gasteiger partial charge on any atom is 0.162 e. The monoisotopic (exact) mass is 823 g/mol. The second-order valence-electron chi connectivity index (χ2n) is 12.8. The van der Waals surface area contributed by atoms with Crippen LogP contribution in [0.15, 0.2) is 72.6 Å². The molecule has 3 nitrogen and oxygen atoms in total. The third-order valence-corrected chi connectivity index (χ3v) is 10.2. The minimum atomic E-state index is -0.831. The van der Waals surface area contributed by atoms with Crippen LogP contribution in [0.4, 0.5) is 8.78 Å². The number of nitrogens with zero attached hydrogens (tertiary/aromatic N) is 1. The predicted molar refractivity (Wildman–Crippen MR) is 188 cm³/mol. The summed E-state index contributed by atoms with van der Waals surface area (Å²) in [6.45, 7) is 8.07. The summed E-state index contributed by atoms with van der Waals surface area (Å²) in [5.74, 6) is -1.11. The van der Waals surface area contributed by atoms with Crippen molar-refractivity contribution in [2.75, 3.05) is 0 Å². The second-order valence-corrected chi connectivity index (χ2v) is 12.8. The van der Waals surface area contributed by atoms with Crippen LogP contribution in [0, 0.1) is 29.5 Å². The summed E-state index contributed by atoms with van der Waals surface area (Å²) >= 11 is 0. The number of carbonyl (C=O) groups excluding carboxylic acids is 1. The third kappa shape index (κ3) is 6.75. The van der Waals surface area contributed by atoms with E-state index in [2.05, 4.69) is 30.3 Å². The molecule has 1 radical (unpaired) electrons. The number of fused-ring (bicyclic) bond motifs is 3. The molecule has 5 aromatic rings. The first kappa shape index (κ1) is 35.6. The van der Waals surface area contributed by atoms with E-state index in [4.69, 9.17) is 4.98 Å². The molecular weight excluding hydrogens is 781 g/mol. The van der Waals surface area contributed by atoms with Gasteiger partial charge in [-0.3, -0.25) is 4.79 Å². The van der Waals surface area contributed by atoms with Crippen molar-refractivity contribution >= 4 is 27.3 Å². The van der Waals surface area contributed by atoms with Crippen LogP contribution >= 0.6 is 0 Å². The minimum absolute atomic E-state index is 0. The van der Waals surface area contributed by atoms with E-state index < -0.39 is 11.6 Å².